The number of carbonyl (C=O) groups excluding carboxylic acids is 2. The van der Waals surface area contributed by atoms with E-state index in [-0.39, 0.29) is 18.3 Å². The Bertz CT molecular complexity index is 1020. The van der Waals surface area contributed by atoms with E-state index in [0.717, 1.165) is 10.4 Å². The van der Waals surface area contributed by atoms with Gasteiger partial charge in [0.2, 0.25) is 5.95 Å². The summed E-state index contributed by atoms with van der Waals surface area (Å²) in [6, 6.07) is 11.2. The second kappa shape index (κ2) is 9.00. The normalized spacial score (nSPS) is 13.9. The molecule has 154 valence electrons. The molecule has 9 heteroatoms. The van der Waals surface area contributed by atoms with Crippen LogP contribution in [0.1, 0.15) is 9.67 Å². The maximum absolute atomic E-state index is 13.1. The van der Waals surface area contributed by atoms with E-state index in [1.165, 1.54) is 23.5 Å². The van der Waals surface area contributed by atoms with Gasteiger partial charge in [-0.05, 0) is 35.9 Å². The number of esters is 1. The molecule has 0 saturated carbocycles. The largest absolute Gasteiger partial charge is 0.451 e. The third-order valence-electron chi connectivity index (χ3n) is 4.73. The van der Waals surface area contributed by atoms with E-state index in [4.69, 9.17) is 4.74 Å². The summed E-state index contributed by atoms with van der Waals surface area (Å²) >= 11 is 1.24. The lowest BCUT2D eigenvalue weighted by atomic mass is 10.2. The minimum Gasteiger partial charge on any atom is -0.451 e. The van der Waals surface area contributed by atoms with Gasteiger partial charge in [0.15, 0.2) is 6.61 Å². The fraction of sp³-hybridized carbons (Fsp3) is 0.238. The van der Waals surface area contributed by atoms with Crippen LogP contribution in [-0.4, -0.2) is 59.5 Å². The van der Waals surface area contributed by atoms with Gasteiger partial charge in [-0.15, -0.1) is 11.3 Å². The number of halogens is 1. The molecule has 1 aliphatic heterocycles. The van der Waals surface area contributed by atoms with Crippen molar-refractivity contribution in [3.05, 3.63) is 65.6 Å². The molecular formula is C21H19FN4O3S. The Kier molecular flexibility index (Phi) is 5.99. The Balaban J connectivity index is 1.27. The highest BCUT2D eigenvalue weighted by Crippen LogP contribution is 2.28. The molecule has 0 atom stereocenters. The molecule has 1 fully saturated rings. The molecule has 0 aliphatic carbocycles. The Labute approximate surface area is 176 Å². The Morgan fingerprint density at radius 2 is 1.70 bits per heavy atom. The van der Waals surface area contributed by atoms with E-state index in [0.29, 0.717) is 37.0 Å². The molecule has 0 radical (unpaired) electrons. The number of aromatic nitrogens is 2. The van der Waals surface area contributed by atoms with Crippen molar-refractivity contribution in [2.75, 3.05) is 37.7 Å². The smallest absolute Gasteiger partial charge is 0.348 e. The maximum atomic E-state index is 13.1. The SMILES string of the molecule is O=C(OCC(=O)N1CCN(c2ncccn2)CC1)c1ccc(-c2ccc(F)cc2)s1. The number of benzene rings is 1. The molecule has 0 spiro atoms. The Morgan fingerprint density at radius 1 is 1.00 bits per heavy atom. The van der Waals surface area contributed by atoms with Crippen molar-refractivity contribution in [3.8, 4) is 10.4 Å². The third-order valence-corrected chi connectivity index (χ3v) is 5.84. The van der Waals surface area contributed by atoms with E-state index in [1.807, 2.05) is 4.90 Å². The molecule has 0 unspecified atom stereocenters. The number of nitrogens with zero attached hydrogens (tertiary/aromatic N) is 4. The highest BCUT2D eigenvalue weighted by molar-refractivity contribution is 7.17. The summed E-state index contributed by atoms with van der Waals surface area (Å²) < 4.78 is 18.3. The van der Waals surface area contributed by atoms with Gasteiger partial charge in [-0.2, -0.15) is 0 Å². The maximum Gasteiger partial charge on any atom is 0.348 e. The van der Waals surface area contributed by atoms with Crippen LogP contribution in [0.25, 0.3) is 10.4 Å². The monoisotopic (exact) mass is 426 g/mol. The van der Waals surface area contributed by atoms with Crippen LogP contribution in [0.3, 0.4) is 0 Å². The third kappa shape index (κ3) is 4.62. The lowest BCUT2D eigenvalue weighted by Crippen LogP contribution is -2.50. The number of rotatable bonds is 5. The summed E-state index contributed by atoms with van der Waals surface area (Å²) in [5.74, 6) is -0.443. The molecule has 4 rings (SSSR count). The van der Waals surface area contributed by atoms with Crippen LogP contribution in [0, 0.1) is 5.82 Å². The quantitative estimate of drug-likeness (QED) is 0.584. The highest BCUT2D eigenvalue weighted by Gasteiger charge is 2.23. The summed E-state index contributed by atoms with van der Waals surface area (Å²) in [7, 11) is 0. The van der Waals surface area contributed by atoms with Gasteiger partial charge in [0.25, 0.3) is 5.91 Å². The first kappa shape index (κ1) is 20.0. The molecule has 3 heterocycles. The summed E-state index contributed by atoms with van der Waals surface area (Å²) in [5.41, 5.74) is 0.816. The van der Waals surface area contributed by atoms with Crippen LogP contribution in [-0.2, 0) is 9.53 Å². The zero-order chi connectivity index (χ0) is 20.9. The van der Waals surface area contributed by atoms with Crippen LogP contribution < -0.4 is 4.90 Å². The average molecular weight is 426 g/mol. The number of hydrogen-bond donors (Lipinski definition) is 0. The first-order valence-electron chi connectivity index (χ1n) is 9.43. The zero-order valence-corrected chi connectivity index (χ0v) is 16.8. The van der Waals surface area contributed by atoms with Crippen molar-refractivity contribution in [3.63, 3.8) is 0 Å². The zero-order valence-electron chi connectivity index (χ0n) is 16.0. The number of anilines is 1. The second-order valence-corrected chi connectivity index (χ2v) is 7.75. The van der Waals surface area contributed by atoms with Gasteiger partial charge in [0, 0.05) is 43.4 Å². The average Bonchev–Trinajstić information content (AvgIpc) is 3.29. The van der Waals surface area contributed by atoms with Crippen molar-refractivity contribution in [2.24, 2.45) is 0 Å². The number of thiophene rings is 1. The Morgan fingerprint density at radius 3 is 2.40 bits per heavy atom. The van der Waals surface area contributed by atoms with E-state index >= 15 is 0 Å². The minimum absolute atomic E-state index is 0.229. The van der Waals surface area contributed by atoms with E-state index < -0.39 is 5.97 Å². The minimum atomic E-state index is -0.543. The van der Waals surface area contributed by atoms with Crippen molar-refractivity contribution >= 4 is 29.2 Å². The number of piperazine rings is 1. The highest BCUT2D eigenvalue weighted by atomic mass is 32.1. The molecule has 30 heavy (non-hydrogen) atoms. The molecule has 1 saturated heterocycles. The second-order valence-electron chi connectivity index (χ2n) is 6.66. The van der Waals surface area contributed by atoms with Gasteiger partial charge in [-0.3, -0.25) is 4.79 Å². The Hall–Kier alpha value is -3.33. The standard InChI is InChI=1S/C21H19FN4O3S/c22-16-4-2-15(3-5-16)17-6-7-18(30-17)20(28)29-14-19(27)25-10-12-26(13-11-25)21-23-8-1-9-24-21/h1-9H,10-14H2. The van der Waals surface area contributed by atoms with Crippen LogP contribution in [0.5, 0.6) is 0 Å². The number of ether oxygens (including phenoxy) is 1. The number of hydrogen-bond acceptors (Lipinski definition) is 7. The van der Waals surface area contributed by atoms with Gasteiger partial charge < -0.3 is 14.5 Å². The molecular weight excluding hydrogens is 407 g/mol. The van der Waals surface area contributed by atoms with E-state index in [1.54, 1.807) is 47.6 Å². The molecule has 1 aliphatic rings. The number of carbonyl (C=O) groups is 2. The van der Waals surface area contributed by atoms with Crippen molar-refractivity contribution < 1.29 is 18.7 Å². The molecule has 1 amide bonds. The van der Waals surface area contributed by atoms with E-state index in [9.17, 15) is 14.0 Å². The summed E-state index contributed by atoms with van der Waals surface area (Å²) in [6.07, 6.45) is 3.37. The number of amides is 1. The van der Waals surface area contributed by atoms with Gasteiger partial charge in [0.05, 0.1) is 0 Å². The van der Waals surface area contributed by atoms with Gasteiger partial charge >= 0.3 is 5.97 Å². The van der Waals surface area contributed by atoms with Crippen LogP contribution in [0.4, 0.5) is 10.3 Å². The lowest BCUT2D eigenvalue weighted by Gasteiger charge is -2.34. The fourth-order valence-electron chi connectivity index (χ4n) is 3.12. The van der Waals surface area contributed by atoms with Crippen LogP contribution in [0.2, 0.25) is 0 Å². The predicted molar refractivity (Wildman–Crippen MR) is 111 cm³/mol. The molecule has 2 aromatic heterocycles. The van der Waals surface area contributed by atoms with E-state index in [2.05, 4.69) is 9.97 Å². The topological polar surface area (TPSA) is 75.6 Å². The van der Waals surface area contributed by atoms with Gasteiger partial charge in [0.1, 0.15) is 10.7 Å². The predicted octanol–water partition coefficient (Wildman–Crippen LogP) is 2.85. The fourth-order valence-corrected chi connectivity index (χ4v) is 4.02. The molecule has 0 N–H and O–H groups in total. The first-order valence-corrected chi connectivity index (χ1v) is 10.2. The first-order chi connectivity index (χ1) is 14.6. The van der Waals surface area contributed by atoms with Crippen LogP contribution >= 0.6 is 11.3 Å². The van der Waals surface area contributed by atoms with Crippen molar-refractivity contribution in [1.29, 1.82) is 0 Å². The molecule has 1 aromatic carbocycles. The summed E-state index contributed by atoms with van der Waals surface area (Å²) in [6.45, 7) is 1.97. The summed E-state index contributed by atoms with van der Waals surface area (Å²) in [4.78, 5) is 38.0. The molecule has 7 nitrogen and oxygen atoms in total. The molecule has 3 aromatic rings. The van der Waals surface area contributed by atoms with Crippen molar-refractivity contribution in [2.45, 2.75) is 0 Å². The molecule has 0 bridgehead atoms. The van der Waals surface area contributed by atoms with Gasteiger partial charge in [-0.1, -0.05) is 12.1 Å². The van der Waals surface area contributed by atoms with Gasteiger partial charge in [-0.25, -0.2) is 19.2 Å². The summed E-state index contributed by atoms with van der Waals surface area (Å²) in [5, 5.41) is 0. The van der Waals surface area contributed by atoms with Crippen LogP contribution in [0.15, 0.2) is 54.9 Å². The van der Waals surface area contributed by atoms with Crippen molar-refractivity contribution in [1.82, 2.24) is 14.9 Å². The lowest BCUT2D eigenvalue weighted by molar-refractivity contribution is -0.134.